The van der Waals surface area contributed by atoms with Crippen molar-refractivity contribution in [3.05, 3.63) is 48.0 Å². The number of fused-ring (bicyclic) bond motifs is 1. The van der Waals surface area contributed by atoms with Gasteiger partial charge in [-0.15, -0.1) is 0 Å². The van der Waals surface area contributed by atoms with E-state index in [1.54, 1.807) is 42.5 Å². The van der Waals surface area contributed by atoms with E-state index in [1.165, 1.54) is 6.92 Å². The Morgan fingerprint density at radius 2 is 2.00 bits per heavy atom. The largest absolute Gasteiger partial charge is 0.459 e. The quantitative estimate of drug-likeness (QED) is 0.504. The summed E-state index contributed by atoms with van der Waals surface area (Å²) < 4.78 is 15.7. The number of ether oxygens (including phenoxy) is 3. The molecule has 0 radical (unpaired) electrons. The molecule has 1 fully saturated rings. The first-order valence-corrected chi connectivity index (χ1v) is 6.96. The normalized spacial score (nSPS) is 32.0. The number of rotatable bonds is 4. The average molecular weight is 304 g/mol. The van der Waals surface area contributed by atoms with E-state index in [9.17, 15) is 14.7 Å². The highest BCUT2D eigenvalue weighted by Crippen LogP contribution is 2.45. The monoisotopic (exact) mass is 304 g/mol. The number of aliphatic hydroxyl groups excluding tert-OH is 1. The van der Waals surface area contributed by atoms with Crippen LogP contribution in [0, 0.1) is 0 Å². The molecule has 22 heavy (non-hydrogen) atoms. The Hall–Kier alpha value is -2.18. The van der Waals surface area contributed by atoms with Crippen LogP contribution >= 0.6 is 0 Å². The van der Waals surface area contributed by atoms with Gasteiger partial charge >= 0.3 is 11.9 Å². The van der Waals surface area contributed by atoms with E-state index in [1.807, 2.05) is 0 Å². The van der Waals surface area contributed by atoms with Crippen molar-refractivity contribution < 1.29 is 28.9 Å². The molecule has 1 aromatic carbocycles. The lowest BCUT2D eigenvalue weighted by Crippen LogP contribution is -2.47. The molecule has 6 heteroatoms. The van der Waals surface area contributed by atoms with E-state index in [2.05, 4.69) is 0 Å². The molecular formula is C16H16O6. The van der Waals surface area contributed by atoms with Gasteiger partial charge < -0.3 is 19.3 Å². The minimum atomic E-state index is -1.07. The Kier molecular flexibility index (Phi) is 3.72. The van der Waals surface area contributed by atoms with E-state index in [0.717, 1.165) is 0 Å². The zero-order valence-electron chi connectivity index (χ0n) is 12.0. The van der Waals surface area contributed by atoms with E-state index >= 15 is 0 Å². The van der Waals surface area contributed by atoms with Crippen molar-refractivity contribution in [1.29, 1.82) is 0 Å². The van der Waals surface area contributed by atoms with Gasteiger partial charge in [0.1, 0.15) is 24.9 Å². The minimum Gasteiger partial charge on any atom is -0.459 e. The predicted molar refractivity (Wildman–Crippen MR) is 75.0 cm³/mol. The van der Waals surface area contributed by atoms with Gasteiger partial charge in [0.05, 0.1) is 5.56 Å². The molecule has 6 nitrogen and oxygen atoms in total. The number of carbonyl (C=O) groups is 2. The van der Waals surface area contributed by atoms with Gasteiger partial charge in [-0.1, -0.05) is 24.3 Å². The Labute approximate surface area is 127 Å². The number of hydrogen-bond acceptors (Lipinski definition) is 6. The molecule has 1 saturated heterocycles. The Morgan fingerprint density at radius 1 is 1.27 bits per heavy atom. The molecule has 116 valence electrons. The Morgan fingerprint density at radius 3 is 2.68 bits per heavy atom. The van der Waals surface area contributed by atoms with Gasteiger partial charge in [0.15, 0.2) is 5.60 Å². The highest BCUT2D eigenvalue weighted by atomic mass is 16.7. The van der Waals surface area contributed by atoms with Gasteiger partial charge in [-0.3, -0.25) is 4.79 Å². The lowest BCUT2D eigenvalue weighted by atomic mass is 9.89. The summed E-state index contributed by atoms with van der Waals surface area (Å²) in [6.07, 6.45) is 1.08. The summed E-state index contributed by atoms with van der Waals surface area (Å²) in [5, 5.41) is 10.3. The number of aliphatic hydroxyl groups is 1. The van der Waals surface area contributed by atoms with E-state index in [-0.39, 0.29) is 12.7 Å². The third-order valence-electron chi connectivity index (χ3n) is 3.80. The van der Waals surface area contributed by atoms with Crippen LogP contribution in [0.15, 0.2) is 42.5 Å². The van der Waals surface area contributed by atoms with E-state index in [4.69, 9.17) is 14.2 Å². The summed E-state index contributed by atoms with van der Waals surface area (Å²) in [5.74, 6) is -0.987. The zero-order chi connectivity index (χ0) is 15.7. The molecule has 3 rings (SSSR count). The van der Waals surface area contributed by atoms with Crippen LogP contribution in [0.1, 0.15) is 17.3 Å². The molecule has 4 atom stereocenters. The molecule has 1 N–H and O–H groups in total. The molecule has 0 spiro atoms. The van der Waals surface area contributed by atoms with Gasteiger partial charge in [0.2, 0.25) is 0 Å². The summed E-state index contributed by atoms with van der Waals surface area (Å²) in [6.45, 7) is 1.16. The molecule has 1 aliphatic carbocycles. The van der Waals surface area contributed by atoms with Crippen LogP contribution in [0.5, 0.6) is 0 Å². The van der Waals surface area contributed by atoms with Gasteiger partial charge in [-0.2, -0.15) is 0 Å². The Bertz CT molecular complexity index is 610. The fourth-order valence-electron chi connectivity index (χ4n) is 2.57. The minimum absolute atomic E-state index is 0.103. The van der Waals surface area contributed by atoms with Crippen LogP contribution in [-0.4, -0.2) is 47.6 Å². The standard InChI is InChI=1S/C16H16O6/c1-10(17)21-12-7-8-13-16(22-13,14(12)18)9-20-15(19)11-5-3-2-4-6-11/h2-8,12-14,18H,9H2,1H3. The first kappa shape index (κ1) is 14.7. The van der Waals surface area contributed by atoms with Crippen LogP contribution in [0.3, 0.4) is 0 Å². The third kappa shape index (κ3) is 2.63. The topological polar surface area (TPSA) is 85.4 Å². The van der Waals surface area contributed by atoms with Crippen molar-refractivity contribution in [3.8, 4) is 0 Å². The molecular weight excluding hydrogens is 288 g/mol. The fraction of sp³-hybridized carbons (Fsp3) is 0.375. The smallest absolute Gasteiger partial charge is 0.338 e. The molecule has 0 amide bonds. The molecule has 1 aromatic rings. The van der Waals surface area contributed by atoms with Gasteiger partial charge in [-0.25, -0.2) is 4.79 Å². The number of benzene rings is 1. The van der Waals surface area contributed by atoms with Crippen LogP contribution < -0.4 is 0 Å². The highest BCUT2D eigenvalue weighted by Gasteiger charge is 2.65. The van der Waals surface area contributed by atoms with Crippen molar-refractivity contribution in [2.24, 2.45) is 0 Å². The van der Waals surface area contributed by atoms with Crippen LogP contribution in [-0.2, 0) is 19.0 Å². The molecule has 2 aliphatic rings. The zero-order valence-corrected chi connectivity index (χ0v) is 12.0. The third-order valence-corrected chi connectivity index (χ3v) is 3.80. The van der Waals surface area contributed by atoms with Gasteiger partial charge in [0, 0.05) is 6.92 Å². The summed E-state index contributed by atoms with van der Waals surface area (Å²) in [5.41, 5.74) is -0.604. The van der Waals surface area contributed by atoms with Crippen molar-refractivity contribution >= 4 is 11.9 Å². The first-order valence-electron chi connectivity index (χ1n) is 6.96. The molecule has 0 bridgehead atoms. The fourth-order valence-corrected chi connectivity index (χ4v) is 2.57. The SMILES string of the molecule is CC(=O)OC1C=CC2OC2(COC(=O)c2ccccc2)C1O. The molecule has 4 unspecified atom stereocenters. The summed E-state index contributed by atoms with van der Waals surface area (Å²) in [6, 6.07) is 8.56. The molecule has 0 saturated carbocycles. The Balaban J connectivity index is 1.64. The number of hydrogen-bond donors (Lipinski definition) is 1. The molecule has 1 heterocycles. The number of esters is 2. The van der Waals surface area contributed by atoms with Gasteiger partial charge in [0.25, 0.3) is 0 Å². The average Bonchev–Trinajstić information content (AvgIpc) is 3.24. The highest BCUT2D eigenvalue weighted by molar-refractivity contribution is 5.89. The second-order valence-corrected chi connectivity index (χ2v) is 5.34. The maximum absolute atomic E-state index is 12.0. The van der Waals surface area contributed by atoms with E-state index < -0.39 is 29.7 Å². The summed E-state index contributed by atoms with van der Waals surface area (Å²) in [4.78, 5) is 23.0. The van der Waals surface area contributed by atoms with Gasteiger partial charge in [-0.05, 0) is 18.2 Å². The van der Waals surface area contributed by atoms with Crippen LogP contribution in [0.2, 0.25) is 0 Å². The molecule has 0 aromatic heterocycles. The first-order chi connectivity index (χ1) is 10.5. The van der Waals surface area contributed by atoms with Crippen LogP contribution in [0.25, 0.3) is 0 Å². The van der Waals surface area contributed by atoms with Crippen LogP contribution in [0.4, 0.5) is 0 Å². The lowest BCUT2D eigenvalue weighted by molar-refractivity contribution is -0.152. The van der Waals surface area contributed by atoms with Crippen molar-refractivity contribution in [2.45, 2.75) is 30.8 Å². The van der Waals surface area contributed by atoms with Crippen molar-refractivity contribution in [2.75, 3.05) is 6.61 Å². The number of carbonyl (C=O) groups excluding carboxylic acids is 2. The second-order valence-electron chi connectivity index (χ2n) is 5.34. The second kappa shape index (κ2) is 5.55. The summed E-state index contributed by atoms with van der Waals surface area (Å²) >= 11 is 0. The van der Waals surface area contributed by atoms with Crippen molar-refractivity contribution in [1.82, 2.24) is 0 Å². The van der Waals surface area contributed by atoms with E-state index in [0.29, 0.717) is 5.56 Å². The van der Waals surface area contributed by atoms with Crippen molar-refractivity contribution in [3.63, 3.8) is 0 Å². The predicted octanol–water partition coefficient (Wildman–Crippen LogP) is 0.843. The lowest BCUT2D eigenvalue weighted by Gasteiger charge is -2.27. The summed E-state index contributed by atoms with van der Waals surface area (Å²) in [7, 11) is 0. The maximum Gasteiger partial charge on any atom is 0.338 e. The molecule has 1 aliphatic heterocycles. The number of epoxide rings is 1. The maximum atomic E-state index is 12.0.